The number of rotatable bonds is 3. The number of hydrogen-bond donors (Lipinski definition) is 1. The van der Waals surface area contributed by atoms with E-state index >= 15 is 0 Å². The third kappa shape index (κ3) is 2.76. The standard InChI is InChI=1S/C10H21NO/c1-3-6-12-10-7-8(2)4-5-9(10)11/h8-10H,3-7,11H2,1-2H3. The first-order chi connectivity index (χ1) is 5.74. The zero-order chi connectivity index (χ0) is 8.97. The van der Waals surface area contributed by atoms with Crippen molar-refractivity contribution in [2.45, 2.75) is 51.7 Å². The predicted octanol–water partition coefficient (Wildman–Crippen LogP) is 1.93. The van der Waals surface area contributed by atoms with Gasteiger partial charge in [0.15, 0.2) is 0 Å². The van der Waals surface area contributed by atoms with E-state index in [1.165, 1.54) is 6.42 Å². The van der Waals surface area contributed by atoms with Gasteiger partial charge in [0.05, 0.1) is 6.10 Å². The van der Waals surface area contributed by atoms with E-state index in [2.05, 4.69) is 13.8 Å². The van der Waals surface area contributed by atoms with Crippen molar-refractivity contribution < 1.29 is 4.74 Å². The van der Waals surface area contributed by atoms with Crippen LogP contribution in [0.5, 0.6) is 0 Å². The maximum Gasteiger partial charge on any atom is 0.0728 e. The molecule has 0 spiro atoms. The van der Waals surface area contributed by atoms with Gasteiger partial charge in [-0.3, -0.25) is 0 Å². The van der Waals surface area contributed by atoms with Crippen LogP contribution < -0.4 is 5.73 Å². The molecule has 1 aliphatic rings. The zero-order valence-electron chi connectivity index (χ0n) is 8.25. The van der Waals surface area contributed by atoms with Crippen LogP contribution in [0.2, 0.25) is 0 Å². The van der Waals surface area contributed by atoms with Crippen LogP contribution in [0, 0.1) is 5.92 Å². The number of nitrogens with two attached hydrogens (primary N) is 1. The molecule has 3 atom stereocenters. The molecule has 2 nitrogen and oxygen atoms in total. The van der Waals surface area contributed by atoms with Crippen molar-refractivity contribution in [1.29, 1.82) is 0 Å². The van der Waals surface area contributed by atoms with Gasteiger partial charge in [0.1, 0.15) is 0 Å². The molecule has 3 unspecified atom stereocenters. The quantitative estimate of drug-likeness (QED) is 0.704. The molecule has 1 aliphatic carbocycles. The van der Waals surface area contributed by atoms with Gasteiger partial charge >= 0.3 is 0 Å². The second-order valence-corrected chi connectivity index (χ2v) is 3.99. The molecular formula is C10H21NO. The molecule has 2 heteroatoms. The lowest BCUT2D eigenvalue weighted by atomic mass is 9.85. The van der Waals surface area contributed by atoms with Crippen LogP contribution in [0.1, 0.15) is 39.5 Å². The molecule has 12 heavy (non-hydrogen) atoms. The van der Waals surface area contributed by atoms with E-state index < -0.39 is 0 Å². The van der Waals surface area contributed by atoms with Crippen molar-refractivity contribution in [3.63, 3.8) is 0 Å². The topological polar surface area (TPSA) is 35.2 Å². The number of hydrogen-bond acceptors (Lipinski definition) is 2. The van der Waals surface area contributed by atoms with Gasteiger partial charge in [-0.2, -0.15) is 0 Å². The molecule has 0 saturated heterocycles. The average Bonchev–Trinajstić information content (AvgIpc) is 2.07. The van der Waals surface area contributed by atoms with E-state index in [4.69, 9.17) is 10.5 Å². The molecule has 0 radical (unpaired) electrons. The largest absolute Gasteiger partial charge is 0.377 e. The summed E-state index contributed by atoms with van der Waals surface area (Å²) in [5.74, 6) is 0.798. The van der Waals surface area contributed by atoms with Crippen molar-refractivity contribution in [1.82, 2.24) is 0 Å². The maximum absolute atomic E-state index is 5.96. The molecule has 1 rings (SSSR count). The summed E-state index contributed by atoms with van der Waals surface area (Å²) in [5, 5.41) is 0. The van der Waals surface area contributed by atoms with E-state index in [0.717, 1.165) is 31.8 Å². The SMILES string of the molecule is CCCOC1CC(C)CCC1N. The highest BCUT2D eigenvalue weighted by molar-refractivity contribution is 4.81. The lowest BCUT2D eigenvalue weighted by Gasteiger charge is -2.32. The van der Waals surface area contributed by atoms with Gasteiger partial charge in [0.25, 0.3) is 0 Å². The summed E-state index contributed by atoms with van der Waals surface area (Å²) in [7, 11) is 0. The Hall–Kier alpha value is -0.0800. The lowest BCUT2D eigenvalue weighted by molar-refractivity contribution is 0.00266. The van der Waals surface area contributed by atoms with E-state index in [0.29, 0.717) is 6.10 Å². The van der Waals surface area contributed by atoms with E-state index in [-0.39, 0.29) is 6.04 Å². The Morgan fingerprint density at radius 1 is 1.42 bits per heavy atom. The van der Waals surface area contributed by atoms with Crippen LogP contribution in [0.25, 0.3) is 0 Å². The van der Waals surface area contributed by atoms with Crippen molar-refractivity contribution in [2.24, 2.45) is 11.7 Å². The molecule has 1 fully saturated rings. The zero-order valence-corrected chi connectivity index (χ0v) is 8.25. The van der Waals surface area contributed by atoms with Gasteiger partial charge in [-0.1, -0.05) is 13.8 Å². The average molecular weight is 171 g/mol. The minimum atomic E-state index is 0.285. The van der Waals surface area contributed by atoms with Crippen LogP contribution in [0.4, 0.5) is 0 Å². The van der Waals surface area contributed by atoms with Crippen molar-refractivity contribution >= 4 is 0 Å². The van der Waals surface area contributed by atoms with Crippen LogP contribution >= 0.6 is 0 Å². The Kier molecular flexibility index (Phi) is 4.02. The first-order valence-electron chi connectivity index (χ1n) is 5.11. The molecule has 2 N–H and O–H groups in total. The highest BCUT2D eigenvalue weighted by Gasteiger charge is 2.25. The molecule has 0 aromatic rings. The fraction of sp³-hybridized carbons (Fsp3) is 1.00. The molecular weight excluding hydrogens is 150 g/mol. The molecule has 0 aromatic heterocycles. The molecule has 0 heterocycles. The monoisotopic (exact) mass is 171 g/mol. The lowest BCUT2D eigenvalue weighted by Crippen LogP contribution is -2.41. The molecule has 0 aromatic carbocycles. The first-order valence-corrected chi connectivity index (χ1v) is 5.11. The predicted molar refractivity (Wildman–Crippen MR) is 51.0 cm³/mol. The number of ether oxygens (including phenoxy) is 1. The van der Waals surface area contributed by atoms with Gasteiger partial charge in [0.2, 0.25) is 0 Å². The Labute approximate surface area is 75.5 Å². The molecule has 0 amide bonds. The van der Waals surface area contributed by atoms with E-state index in [1.807, 2.05) is 0 Å². The van der Waals surface area contributed by atoms with Crippen LogP contribution in [-0.2, 0) is 4.74 Å². The van der Waals surface area contributed by atoms with Gasteiger partial charge in [0, 0.05) is 12.6 Å². The van der Waals surface area contributed by atoms with Crippen LogP contribution in [-0.4, -0.2) is 18.8 Å². The van der Waals surface area contributed by atoms with Crippen molar-refractivity contribution in [3.05, 3.63) is 0 Å². The summed E-state index contributed by atoms with van der Waals surface area (Å²) in [5.41, 5.74) is 5.96. The van der Waals surface area contributed by atoms with Crippen molar-refractivity contribution in [2.75, 3.05) is 6.61 Å². The normalized spacial score (nSPS) is 36.8. The summed E-state index contributed by atoms with van der Waals surface area (Å²) in [4.78, 5) is 0. The fourth-order valence-corrected chi connectivity index (χ4v) is 1.81. The molecule has 0 aliphatic heterocycles. The van der Waals surface area contributed by atoms with E-state index in [9.17, 15) is 0 Å². The van der Waals surface area contributed by atoms with E-state index in [1.54, 1.807) is 0 Å². The summed E-state index contributed by atoms with van der Waals surface area (Å²) >= 11 is 0. The third-order valence-corrected chi connectivity index (χ3v) is 2.64. The minimum absolute atomic E-state index is 0.285. The first kappa shape index (κ1) is 10.0. The second kappa shape index (κ2) is 4.83. The highest BCUT2D eigenvalue weighted by atomic mass is 16.5. The fourth-order valence-electron chi connectivity index (χ4n) is 1.81. The Bertz CT molecular complexity index is 127. The molecule has 0 bridgehead atoms. The van der Waals surface area contributed by atoms with Gasteiger partial charge in [-0.25, -0.2) is 0 Å². The summed E-state index contributed by atoms with van der Waals surface area (Å²) < 4.78 is 5.69. The van der Waals surface area contributed by atoms with Gasteiger partial charge < -0.3 is 10.5 Å². The Morgan fingerprint density at radius 3 is 2.83 bits per heavy atom. The molecule has 72 valence electrons. The highest BCUT2D eigenvalue weighted by Crippen LogP contribution is 2.25. The third-order valence-electron chi connectivity index (χ3n) is 2.64. The summed E-state index contributed by atoms with van der Waals surface area (Å²) in [6, 6.07) is 0.285. The Morgan fingerprint density at radius 2 is 2.17 bits per heavy atom. The summed E-state index contributed by atoms with van der Waals surface area (Å²) in [6.07, 6.45) is 4.98. The minimum Gasteiger partial charge on any atom is -0.377 e. The second-order valence-electron chi connectivity index (χ2n) is 3.99. The van der Waals surface area contributed by atoms with Crippen LogP contribution in [0.3, 0.4) is 0 Å². The van der Waals surface area contributed by atoms with Crippen molar-refractivity contribution in [3.8, 4) is 0 Å². The van der Waals surface area contributed by atoms with Gasteiger partial charge in [-0.15, -0.1) is 0 Å². The van der Waals surface area contributed by atoms with Crippen LogP contribution in [0.15, 0.2) is 0 Å². The van der Waals surface area contributed by atoms with Gasteiger partial charge in [-0.05, 0) is 31.6 Å². The maximum atomic E-state index is 5.96. The smallest absolute Gasteiger partial charge is 0.0728 e. The molecule has 1 saturated carbocycles. The summed E-state index contributed by atoms with van der Waals surface area (Å²) in [6.45, 7) is 5.29. The Balaban J connectivity index is 2.28.